The van der Waals surface area contributed by atoms with E-state index in [1.165, 1.54) is 0 Å². The van der Waals surface area contributed by atoms with Gasteiger partial charge in [0.25, 0.3) is 5.91 Å². The summed E-state index contributed by atoms with van der Waals surface area (Å²) in [6.45, 7) is 0. The number of carbonyl (C=O) groups is 1. The Morgan fingerprint density at radius 1 is 1.00 bits per heavy atom. The van der Waals surface area contributed by atoms with Crippen LogP contribution in [-0.4, -0.2) is 59.0 Å². The lowest BCUT2D eigenvalue weighted by Gasteiger charge is -2.31. The third kappa shape index (κ3) is 5.73. The highest BCUT2D eigenvalue weighted by molar-refractivity contribution is 6.68. The molecule has 0 saturated heterocycles. The second-order valence-electron chi connectivity index (χ2n) is 6.28. The number of amides is 1. The molecule has 12 heteroatoms. The van der Waals surface area contributed by atoms with Gasteiger partial charge < -0.3 is 15.1 Å². The third-order valence-electron chi connectivity index (χ3n) is 3.60. The fraction of sp³-hybridized carbons (Fsp3) is 0.353. The summed E-state index contributed by atoms with van der Waals surface area (Å²) in [5.41, 5.74) is 0.336. The van der Waals surface area contributed by atoms with Gasteiger partial charge in [-0.15, -0.1) is 0 Å². The SMILES string of the molecule is CN(C)c1nc(N(C)C)nc(N(C#N)[C@@H](NC(=O)c2ccccc2)C(Cl)(Cl)Cl)n1. The van der Waals surface area contributed by atoms with E-state index in [4.69, 9.17) is 34.8 Å². The van der Waals surface area contributed by atoms with Crippen LogP contribution in [0.15, 0.2) is 30.3 Å². The Bertz CT molecular complexity index is 870. The van der Waals surface area contributed by atoms with Crippen LogP contribution < -0.4 is 20.0 Å². The van der Waals surface area contributed by atoms with Crippen molar-refractivity contribution < 1.29 is 4.79 Å². The molecule has 0 aliphatic heterocycles. The number of aromatic nitrogens is 3. The summed E-state index contributed by atoms with van der Waals surface area (Å²) >= 11 is 18.3. The van der Waals surface area contributed by atoms with Crippen LogP contribution in [0.4, 0.5) is 17.8 Å². The summed E-state index contributed by atoms with van der Waals surface area (Å²) in [4.78, 5) is 29.6. The van der Waals surface area contributed by atoms with Crippen molar-refractivity contribution in [3.63, 3.8) is 0 Å². The van der Waals surface area contributed by atoms with Gasteiger partial charge in [0.1, 0.15) is 0 Å². The van der Waals surface area contributed by atoms with Crippen molar-refractivity contribution in [3.05, 3.63) is 35.9 Å². The maximum absolute atomic E-state index is 12.6. The Hall–Kier alpha value is -2.54. The number of benzene rings is 1. The van der Waals surface area contributed by atoms with E-state index in [1.54, 1.807) is 68.3 Å². The molecule has 0 spiro atoms. The van der Waals surface area contributed by atoms with Crippen molar-refractivity contribution in [1.82, 2.24) is 20.3 Å². The van der Waals surface area contributed by atoms with Gasteiger partial charge in [0, 0.05) is 33.8 Å². The van der Waals surface area contributed by atoms with E-state index in [1.807, 2.05) is 6.19 Å². The molecule has 1 N–H and O–H groups in total. The van der Waals surface area contributed by atoms with E-state index in [-0.39, 0.29) is 17.8 Å². The van der Waals surface area contributed by atoms with Gasteiger partial charge >= 0.3 is 0 Å². The number of carbonyl (C=O) groups excluding carboxylic acids is 1. The Kier molecular flexibility index (Phi) is 7.30. The van der Waals surface area contributed by atoms with E-state index in [0.717, 1.165) is 4.90 Å². The molecule has 154 valence electrons. The molecule has 9 nitrogen and oxygen atoms in total. The fourth-order valence-corrected chi connectivity index (χ4v) is 2.62. The topological polar surface area (TPSA) is 101 Å². The van der Waals surface area contributed by atoms with Crippen LogP contribution in [0, 0.1) is 11.5 Å². The predicted octanol–water partition coefficient (Wildman–Crippen LogP) is 2.42. The predicted molar refractivity (Wildman–Crippen MR) is 115 cm³/mol. The number of hydrogen-bond donors (Lipinski definition) is 1. The van der Waals surface area contributed by atoms with Crippen LogP contribution in [0.5, 0.6) is 0 Å². The molecule has 1 heterocycles. The van der Waals surface area contributed by atoms with Crippen LogP contribution in [0.25, 0.3) is 0 Å². The van der Waals surface area contributed by atoms with Crippen molar-refractivity contribution >= 4 is 58.6 Å². The molecule has 1 aromatic carbocycles. The van der Waals surface area contributed by atoms with Gasteiger partial charge in [-0.1, -0.05) is 53.0 Å². The number of anilines is 3. The summed E-state index contributed by atoms with van der Waals surface area (Å²) in [6, 6.07) is 8.35. The van der Waals surface area contributed by atoms with Gasteiger partial charge in [-0.3, -0.25) is 4.79 Å². The standard InChI is InChI=1S/C17H19Cl3N8O/c1-26(2)14-23-15(27(3)4)25-16(24-14)28(10-21)13(17(18,19)20)22-12(29)11-8-6-5-7-9-11/h5-9,13H,1-4H3,(H,22,29)/t13-/m1/s1. The normalized spacial score (nSPS) is 11.9. The van der Waals surface area contributed by atoms with Crippen molar-refractivity contribution in [2.75, 3.05) is 42.9 Å². The van der Waals surface area contributed by atoms with E-state index >= 15 is 0 Å². The second kappa shape index (κ2) is 9.31. The number of alkyl halides is 3. The monoisotopic (exact) mass is 456 g/mol. The molecular weight excluding hydrogens is 439 g/mol. The van der Waals surface area contributed by atoms with Gasteiger partial charge in [0.2, 0.25) is 21.6 Å². The van der Waals surface area contributed by atoms with Crippen molar-refractivity contribution in [2.24, 2.45) is 0 Å². The second-order valence-corrected chi connectivity index (χ2v) is 8.65. The molecule has 0 fully saturated rings. The van der Waals surface area contributed by atoms with Gasteiger partial charge in [0.05, 0.1) is 0 Å². The molecule has 0 unspecified atom stereocenters. The average molecular weight is 458 g/mol. The fourth-order valence-electron chi connectivity index (χ4n) is 2.16. The van der Waals surface area contributed by atoms with Gasteiger partial charge in [-0.25, -0.2) is 4.90 Å². The highest BCUT2D eigenvalue weighted by atomic mass is 35.6. The highest BCUT2D eigenvalue weighted by Crippen LogP contribution is 2.34. The van der Waals surface area contributed by atoms with Crippen LogP contribution in [0.3, 0.4) is 0 Å². The molecule has 0 aliphatic carbocycles. The molecule has 1 aromatic heterocycles. The van der Waals surface area contributed by atoms with Crippen LogP contribution in [0.2, 0.25) is 0 Å². The quantitative estimate of drug-likeness (QED) is 0.305. The van der Waals surface area contributed by atoms with Crippen LogP contribution in [-0.2, 0) is 0 Å². The summed E-state index contributed by atoms with van der Waals surface area (Å²) in [5.74, 6) is -0.0377. The molecule has 0 bridgehead atoms. The zero-order valence-electron chi connectivity index (χ0n) is 16.1. The molecule has 1 atom stereocenters. The number of rotatable bonds is 6. The first-order valence-electron chi connectivity index (χ1n) is 8.27. The lowest BCUT2D eigenvalue weighted by Crippen LogP contribution is -2.54. The highest BCUT2D eigenvalue weighted by Gasteiger charge is 2.41. The summed E-state index contributed by atoms with van der Waals surface area (Å²) < 4.78 is -2.07. The number of halogens is 3. The molecular formula is C17H19Cl3N8O. The molecule has 0 radical (unpaired) electrons. The van der Waals surface area contributed by atoms with Gasteiger partial charge in [0.15, 0.2) is 12.4 Å². The van der Waals surface area contributed by atoms with Gasteiger partial charge in [-0.2, -0.15) is 20.2 Å². The molecule has 1 amide bonds. The van der Waals surface area contributed by atoms with Gasteiger partial charge in [-0.05, 0) is 12.1 Å². The largest absolute Gasteiger partial charge is 0.347 e. The maximum atomic E-state index is 12.6. The van der Waals surface area contributed by atoms with E-state index in [9.17, 15) is 10.1 Å². The maximum Gasteiger partial charge on any atom is 0.253 e. The molecule has 29 heavy (non-hydrogen) atoms. The Labute approximate surface area is 183 Å². The minimum Gasteiger partial charge on any atom is -0.347 e. The molecule has 0 aliphatic rings. The first kappa shape index (κ1) is 22.7. The Morgan fingerprint density at radius 2 is 1.48 bits per heavy atom. The summed E-state index contributed by atoms with van der Waals surface area (Å²) in [6.07, 6.45) is 0.512. The van der Waals surface area contributed by atoms with Crippen LogP contribution in [0.1, 0.15) is 10.4 Å². The number of nitrogens with zero attached hydrogens (tertiary/aromatic N) is 7. The first-order valence-corrected chi connectivity index (χ1v) is 9.40. The number of hydrogen-bond acceptors (Lipinski definition) is 8. The molecule has 2 rings (SSSR count). The lowest BCUT2D eigenvalue weighted by atomic mass is 10.2. The Balaban J connectivity index is 2.49. The summed E-state index contributed by atoms with van der Waals surface area (Å²) in [7, 11) is 6.94. The minimum atomic E-state index is -2.07. The lowest BCUT2D eigenvalue weighted by molar-refractivity contribution is 0.0938. The van der Waals surface area contributed by atoms with Crippen molar-refractivity contribution in [1.29, 1.82) is 5.26 Å². The van der Waals surface area contributed by atoms with E-state index in [0.29, 0.717) is 5.56 Å². The van der Waals surface area contributed by atoms with E-state index < -0.39 is 15.9 Å². The minimum absolute atomic E-state index is 0.0837. The third-order valence-corrected chi connectivity index (χ3v) is 4.22. The average Bonchev–Trinajstić information content (AvgIpc) is 2.67. The van der Waals surface area contributed by atoms with Crippen LogP contribution >= 0.6 is 34.8 Å². The molecule has 2 aromatic rings. The number of nitrogens with one attached hydrogen (secondary N) is 1. The summed E-state index contributed by atoms with van der Waals surface area (Å²) in [5, 5.41) is 12.3. The van der Waals surface area contributed by atoms with Crippen molar-refractivity contribution in [3.8, 4) is 6.19 Å². The number of nitriles is 1. The molecule has 0 saturated carbocycles. The smallest absolute Gasteiger partial charge is 0.253 e. The van der Waals surface area contributed by atoms with Crippen molar-refractivity contribution in [2.45, 2.75) is 9.96 Å². The zero-order chi connectivity index (χ0) is 21.8. The Morgan fingerprint density at radius 3 is 1.90 bits per heavy atom. The van der Waals surface area contributed by atoms with E-state index in [2.05, 4.69) is 20.3 Å². The first-order chi connectivity index (χ1) is 13.5. The zero-order valence-corrected chi connectivity index (χ0v) is 18.4.